The predicted octanol–water partition coefficient (Wildman–Crippen LogP) is 2.94. The first-order valence-electron chi connectivity index (χ1n) is 6.18. The van der Waals surface area contributed by atoms with Crippen molar-refractivity contribution in [1.82, 2.24) is 10.3 Å². The van der Waals surface area contributed by atoms with E-state index in [2.05, 4.69) is 26.2 Å². The van der Waals surface area contributed by atoms with E-state index in [1.54, 1.807) is 7.11 Å². The van der Waals surface area contributed by atoms with Crippen LogP contribution in [-0.2, 0) is 13.0 Å². The van der Waals surface area contributed by atoms with E-state index in [0.29, 0.717) is 24.4 Å². The van der Waals surface area contributed by atoms with E-state index in [-0.39, 0.29) is 5.91 Å². The summed E-state index contributed by atoms with van der Waals surface area (Å²) >= 11 is 3.40. The molecule has 0 bridgehead atoms. The zero-order chi connectivity index (χ0) is 14.5. The molecule has 2 rings (SSSR count). The summed E-state index contributed by atoms with van der Waals surface area (Å²) in [6, 6.07) is 5.64. The fourth-order valence-electron chi connectivity index (χ4n) is 1.85. The molecule has 106 valence electrons. The molecule has 0 fully saturated rings. The molecule has 1 aromatic heterocycles. The Labute approximate surface area is 125 Å². The molecule has 0 aliphatic rings. The van der Waals surface area contributed by atoms with Crippen molar-refractivity contribution in [3.05, 3.63) is 46.1 Å². The Balaban J connectivity index is 2.09. The summed E-state index contributed by atoms with van der Waals surface area (Å²) in [7, 11) is 1.60. The second-order valence-corrected chi connectivity index (χ2v) is 5.03. The van der Waals surface area contributed by atoms with Crippen LogP contribution in [0, 0.1) is 0 Å². The van der Waals surface area contributed by atoms with Crippen LogP contribution >= 0.6 is 15.9 Å². The van der Waals surface area contributed by atoms with Crippen LogP contribution in [0.4, 0.5) is 0 Å². The Bertz CT molecular complexity index is 610. The highest BCUT2D eigenvalue weighted by molar-refractivity contribution is 9.10. The number of halogens is 1. The molecule has 2 aromatic rings. The molecule has 0 aliphatic heterocycles. The van der Waals surface area contributed by atoms with Gasteiger partial charge in [-0.05, 0) is 18.2 Å². The Hall–Kier alpha value is -1.82. The molecule has 0 saturated carbocycles. The number of oxazole rings is 1. The molecule has 1 aromatic carbocycles. The third-order valence-electron chi connectivity index (χ3n) is 2.86. The molecule has 0 atom stereocenters. The summed E-state index contributed by atoms with van der Waals surface area (Å²) in [6.45, 7) is 2.27. The van der Waals surface area contributed by atoms with Gasteiger partial charge in [0.15, 0.2) is 12.1 Å². The van der Waals surface area contributed by atoms with Crippen LogP contribution in [0.3, 0.4) is 0 Å². The number of amides is 1. The van der Waals surface area contributed by atoms with Gasteiger partial charge in [-0.15, -0.1) is 0 Å². The zero-order valence-corrected chi connectivity index (χ0v) is 12.9. The molecule has 6 heteroatoms. The molecule has 1 N–H and O–H groups in total. The maximum atomic E-state index is 12.1. The number of nitrogens with zero attached hydrogens (tertiary/aromatic N) is 1. The van der Waals surface area contributed by atoms with E-state index in [1.807, 2.05) is 25.1 Å². The highest BCUT2D eigenvalue weighted by atomic mass is 79.9. The van der Waals surface area contributed by atoms with Crippen LogP contribution in [0.15, 0.2) is 33.5 Å². The lowest BCUT2D eigenvalue weighted by Crippen LogP contribution is -2.24. The number of ether oxygens (including phenoxy) is 1. The van der Waals surface area contributed by atoms with Gasteiger partial charge in [0.2, 0.25) is 0 Å². The molecule has 1 heterocycles. The molecule has 0 aliphatic carbocycles. The average Bonchev–Trinajstić information content (AvgIpc) is 2.93. The minimum absolute atomic E-state index is 0.252. The third kappa shape index (κ3) is 3.19. The van der Waals surface area contributed by atoms with Gasteiger partial charge >= 0.3 is 0 Å². The van der Waals surface area contributed by atoms with Crippen molar-refractivity contribution in [2.24, 2.45) is 0 Å². The van der Waals surface area contributed by atoms with E-state index in [1.165, 1.54) is 6.39 Å². The Morgan fingerprint density at radius 1 is 1.50 bits per heavy atom. The zero-order valence-electron chi connectivity index (χ0n) is 11.3. The average molecular weight is 339 g/mol. The summed E-state index contributed by atoms with van der Waals surface area (Å²) in [5.74, 6) is 1.06. The molecular weight excluding hydrogens is 324 g/mol. The number of carbonyl (C=O) groups excluding carboxylic acids is 1. The van der Waals surface area contributed by atoms with Crippen molar-refractivity contribution in [2.45, 2.75) is 19.9 Å². The van der Waals surface area contributed by atoms with Crippen molar-refractivity contribution in [3.8, 4) is 5.75 Å². The van der Waals surface area contributed by atoms with Crippen molar-refractivity contribution in [1.29, 1.82) is 0 Å². The van der Waals surface area contributed by atoms with Gasteiger partial charge in [-0.2, -0.15) is 0 Å². The maximum Gasteiger partial charge on any atom is 0.273 e. The number of rotatable bonds is 5. The van der Waals surface area contributed by atoms with E-state index >= 15 is 0 Å². The van der Waals surface area contributed by atoms with Crippen LogP contribution in [0.1, 0.15) is 28.7 Å². The number of hydrogen-bond donors (Lipinski definition) is 1. The monoisotopic (exact) mass is 338 g/mol. The highest BCUT2D eigenvalue weighted by Gasteiger charge is 2.15. The number of aryl methyl sites for hydroxylation is 1. The Kier molecular flexibility index (Phi) is 4.79. The summed E-state index contributed by atoms with van der Waals surface area (Å²) in [4.78, 5) is 16.0. The third-order valence-corrected chi connectivity index (χ3v) is 3.35. The summed E-state index contributed by atoms with van der Waals surface area (Å²) < 4.78 is 11.3. The molecule has 0 radical (unpaired) electrons. The van der Waals surface area contributed by atoms with Crippen LogP contribution in [0.2, 0.25) is 0 Å². The quantitative estimate of drug-likeness (QED) is 0.910. The fraction of sp³-hybridized carbons (Fsp3) is 0.286. The Morgan fingerprint density at radius 2 is 2.30 bits per heavy atom. The van der Waals surface area contributed by atoms with Crippen molar-refractivity contribution >= 4 is 21.8 Å². The first kappa shape index (κ1) is 14.6. The summed E-state index contributed by atoms with van der Waals surface area (Å²) in [6.07, 6.45) is 1.91. The second kappa shape index (κ2) is 6.56. The van der Waals surface area contributed by atoms with Gasteiger partial charge in [0.1, 0.15) is 11.5 Å². The number of aromatic nitrogens is 1. The van der Waals surface area contributed by atoms with Crippen LogP contribution in [-0.4, -0.2) is 18.0 Å². The minimum Gasteiger partial charge on any atom is -0.496 e. The molecule has 0 spiro atoms. The number of methoxy groups -OCH3 is 1. The first-order valence-corrected chi connectivity index (χ1v) is 6.98. The molecule has 1 amide bonds. The highest BCUT2D eigenvalue weighted by Crippen LogP contribution is 2.22. The van der Waals surface area contributed by atoms with Gasteiger partial charge in [-0.1, -0.05) is 22.9 Å². The molecule has 5 nitrogen and oxygen atoms in total. The van der Waals surface area contributed by atoms with Gasteiger partial charge < -0.3 is 14.5 Å². The maximum absolute atomic E-state index is 12.1. The van der Waals surface area contributed by atoms with Crippen LogP contribution in [0.25, 0.3) is 0 Å². The SMILES string of the molecule is CCc1ocnc1C(=O)NCc1cc(Br)ccc1OC. The van der Waals surface area contributed by atoms with Crippen molar-refractivity contribution in [3.63, 3.8) is 0 Å². The number of hydrogen-bond acceptors (Lipinski definition) is 4. The largest absolute Gasteiger partial charge is 0.496 e. The van der Waals surface area contributed by atoms with E-state index < -0.39 is 0 Å². The number of carbonyl (C=O) groups is 1. The van der Waals surface area contributed by atoms with E-state index in [9.17, 15) is 4.79 Å². The van der Waals surface area contributed by atoms with Crippen LogP contribution < -0.4 is 10.1 Å². The molecule has 0 unspecified atom stereocenters. The lowest BCUT2D eigenvalue weighted by Gasteiger charge is -2.10. The predicted molar refractivity (Wildman–Crippen MR) is 77.7 cm³/mol. The summed E-state index contributed by atoms with van der Waals surface area (Å²) in [5, 5.41) is 2.82. The van der Waals surface area contributed by atoms with Gasteiger partial charge in [0, 0.05) is 23.0 Å². The van der Waals surface area contributed by atoms with Gasteiger partial charge in [0.25, 0.3) is 5.91 Å². The van der Waals surface area contributed by atoms with Crippen molar-refractivity contribution in [2.75, 3.05) is 7.11 Å². The van der Waals surface area contributed by atoms with Crippen molar-refractivity contribution < 1.29 is 13.9 Å². The lowest BCUT2D eigenvalue weighted by atomic mass is 10.2. The van der Waals surface area contributed by atoms with E-state index in [4.69, 9.17) is 9.15 Å². The molecule has 20 heavy (non-hydrogen) atoms. The Morgan fingerprint density at radius 3 is 3.00 bits per heavy atom. The number of benzene rings is 1. The van der Waals surface area contributed by atoms with Crippen LogP contribution in [0.5, 0.6) is 5.75 Å². The summed E-state index contributed by atoms with van der Waals surface area (Å²) in [5.41, 5.74) is 1.22. The molecular formula is C14H15BrN2O3. The number of nitrogens with one attached hydrogen (secondary N) is 1. The minimum atomic E-state index is -0.252. The lowest BCUT2D eigenvalue weighted by molar-refractivity contribution is 0.0944. The second-order valence-electron chi connectivity index (χ2n) is 4.12. The smallest absolute Gasteiger partial charge is 0.273 e. The first-order chi connectivity index (χ1) is 9.65. The van der Waals surface area contributed by atoms with Gasteiger partial charge in [-0.25, -0.2) is 4.98 Å². The normalized spacial score (nSPS) is 10.3. The standard InChI is InChI=1S/C14H15BrN2O3/c1-3-11-13(17-8-20-11)14(18)16-7-9-6-10(15)4-5-12(9)19-2/h4-6,8H,3,7H2,1-2H3,(H,16,18). The molecule has 0 saturated heterocycles. The topological polar surface area (TPSA) is 64.4 Å². The van der Waals surface area contributed by atoms with Gasteiger partial charge in [0.05, 0.1) is 7.11 Å². The van der Waals surface area contributed by atoms with E-state index in [0.717, 1.165) is 15.8 Å². The van der Waals surface area contributed by atoms with Gasteiger partial charge in [-0.3, -0.25) is 4.79 Å². The fourth-order valence-corrected chi connectivity index (χ4v) is 2.26.